The van der Waals surface area contributed by atoms with Crippen LogP contribution in [-0.2, 0) is 4.79 Å². The van der Waals surface area contributed by atoms with Gasteiger partial charge in [-0.05, 0) is 18.8 Å². The SMILES string of the molecule is CC(C)CC(=O)N(CCC(N)=NO)C1CC1. The highest BCUT2D eigenvalue weighted by atomic mass is 16.4. The molecule has 1 amide bonds. The summed E-state index contributed by atoms with van der Waals surface area (Å²) < 4.78 is 0. The van der Waals surface area contributed by atoms with E-state index in [2.05, 4.69) is 5.16 Å². The topological polar surface area (TPSA) is 78.9 Å². The molecule has 0 aromatic rings. The first kappa shape index (κ1) is 12.8. The summed E-state index contributed by atoms with van der Waals surface area (Å²) in [5, 5.41) is 11.4. The second-order valence-electron chi connectivity index (χ2n) is 4.76. The molecule has 0 heterocycles. The van der Waals surface area contributed by atoms with E-state index in [1.54, 1.807) is 0 Å². The van der Waals surface area contributed by atoms with Crippen molar-refractivity contribution in [1.29, 1.82) is 0 Å². The van der Waals surface area contributed by atoms with E-state index in [9.17, 15) is 4.79 Å². The molecule has 92 valence electrons. The van der Waals surface area contributed by atoms with E-state index in [-0.39, 0.29) is 11.7 Å². The average Bonchev–Trinajstić information content (AvgIpc) is 3.00. The number of amidine groups is 1. The molecule has 3 N–H and O–H groups in total. The molecule has 5 nitrogen and oxygen atoms in total. The summed E-state index contributed by atoms with van der Waals surface area (Å²) in [5.41, 5.74) is 5.41. The molecule has 0 radical (unpaired) electrons. The number of carbonyl (C=O) groups is 1. The number of nitrogens with zero attached hydrogens (tertiary/aromatic N) is 2. The lowest BCUT2D eigenvalue weighted by Crippen LogP contribution is -2.36. The van der Waals surface area contributed by atoms with Crippen LogP contribution in [0, 0.1) is 5.92 Å². The van der Waals surface area contributed by atoms with Crippen LogP contribution in [0.25, 0.3) is 0 Å². The third-order valence-electron chi connectivity index (χ3n) is 2.63. The average molecular weight is 227 g/mol. The van der Waals surface area contributed by atoms with Gasteiger partial charge in [0.05, 0.1) is 0 Å². The Labute approximate surface area is 96.3 Å². The molecule has 0 aliphatic heterocycles. The highest BCUT2D eigenvalue weighted by Gasteiger charge is 2.32. The van der Waals surface area contributed by atoms with E-state index in [0.29, 0.717) is 31.3 Å². The largest absolute Gasteiger partial charge is 0.409 e. The number of rotatable bonds is 6. The minimum Gasteiger partial charge on any atom is -0.409 e. The van der Waals surface area contributed by atoms with Gasteiger partial charge in [0.15, 0.2) is 0 Å². The number of hydrogen-bond acceptors (Lipinski definition) is 3. The van der Waals surface area contributed by atoms with Crippen LogP contribution in [0.15, 0.2) is 5.16 Å². The molecule has 0 unspecified atom stereocenters. The Kier molecular flexibility index (Phi) is 4.58. The molecule has 0 atom stereocenters. The summed E-state index contributed by atoms with van der Waals surface area (Å²) in [6.07, 6.45) is 3.18. The Morgan fingerprint density at radius 1 is 1.56 bits per heavy atom. The molecular weight excluding hydrogens is 206 g/mol. The maximum absolute atomic E-state index is 11.9. The minimum atomic E-state index is 0.183. The van der Waals surface area contributed by atoms with Gasteiger partial charge < -0.3 is 15.8 Å². The smallest absolute Gasteiger partial charge is 0.223 e. The van der Waals surface area contributed by atoms with Crippen LogP contribution in [0.1, 0.15) is 39.5 Å². The molecule has 0 aromatic heterocycles. The number of nitrogens with two attached hydrogens (primary N) is 1. The van der Waals surface area contributed by atoms with Crippen LogP contribution in [0.2, 0.25) is 0 Å². The summed E-state index contributed by atoms with van der Waals surface area (Å²) in [5.74, 6) is 0.740. The highest BCUT2D eigenvalue weighted by molar-refractivity contribution is 5.81. The first-order valence-corrected chi connectivity index (χ1v) is 5.80. The monoisotopic (exact) mass is 227 g/mol. The predicted octanol–water partition coefficient (Wildman–Crippen LogP) is 1.16. The molecular formula is C11H21N3O2. The van der Waals surface area contributed by atoms with Crippen molar-refractivity contribution in [3.63, 3.8) is 0 Å². The second-order valence-corrected chi connectivity index (χ2v) is 4.76. The summed E-state index contributed by atoms with van der Waals surface area (Å²) >= 11 is 0. The van der Waals surface area contributed by atoms with Gasteiger partial charge in [-0.2, -0.15) is 0 Å². The maximum Gasteiger partial charge on any atom is 0.223 e. The van der Waals surface area contributed by atoms with Crippen molar-refractivity contribution in [2.45, 2.75) is 45.6 Å². The Balaban J connectivity index is 2.44. The highest BCUT2D eigenvalue weighted by Crippen LogP contribution is 2.28. The molecule has 0 saturated heterocycles. The normalized spacial score (nSPS) is 16.6. The quantitative estimate of drug-likeness (QED) is 0.309. The van der Waals surface area contributed by atoms with Gasteiger partial charge in [-0.25, -0.2) is 0 Å². The Bertz CT molecular complexity index is 272. The summed E-state index contributed by atoms with van der Waals surface area (Å²) in [6, 6.07) is 0.387. The fraction of sp³-hybridized carbons (Fsp3) is 0.818. The summed E-state index contributed by atoms with van der Waals surface area (Å²) in [7, 11) is 0. The Hall–Kier alpha value is -1.26. The molecule has 1 aliphatic carbocycles. The molecule has 0 spiro atoms. The van der Waals surface area contributed by atoms with Gasteiger partial charge in [0, 0.05) is 25.4 Å². The molecule has 16 heavy (non-hydrogen) atoms. The van der Waals surface area contributed by atoms with Crippen molar-refractivity contribution < 1.29 is 10.0 Å². The molecule has 0 bridgehead atoms. The minimum absolute atomic E-state index is 0.183. The van der Waals surface area contributed by atoms with Gasteiger partial charge in [0.1, 0.15) is 5.84 Å². The van der Waals surface area contributed by atoms with Crippen LogP contribution in [0.3, 0.4) is 0 Å². The third kappa shape index (κ3) is 4.08. The summed E-state index contributed by atoms with van der Waals surface area (Å²) in [6.45, 7) is 4.63. The predicted molar refractivity (Wildman–Crippen MR) is 62.2 cm³/mol. The standard InChI is InChI=1S/C11H21N3O2/c1-8(2)7-11(15)14(9-3-4-9)6-5-10(12)13-16/h8-9,16H,3-7H2,1-2H3,(H2,12,13). The molecule has 1 saturated carbocycles. The number of amides is 1. The summed E-state index contributed by atoms with van der Waals surface area (Å²) in [4.78, 5) is 13.8. The van der Waals surface area contributed by atoms with Crippen molar-refractivity contribution in [3.05, 3.63) is 0 Å². The van der Waals surface area contributed by atoms with E-state index >= 15 is 0 Å². The lowest BCUT2D eigenvalue weighted by molar-refractivity contribution is -0.132. The first-order chi connectivity index (χ1) is 7.54. The van der Waals surface area contributed by atoms with Gasteiger partial charge in [0.25, 0.3) is 0 Å². The van der Waals surface area contributed by atoms with E-state index in [0.717, 1.165) is 12.8 Å². The van der Waals surface area contributed by atoms with E-state index in [1.165, 1.54) is 0 Å². The third-order valence-corrected chi connectivity index (χ3v) is 2.63. The van der Waals surface area contributed by atoms with Gasteiger partial charge in [-0.3, -0.25) is 4.79 Å². The van der Waals surface area contributed by atoms with Crippen LogP contribution in [0.4, 0.5) is 0 Å². The van der Waals surface area contributed by atoms with E-state index in [1.807, 2.05) is 18.7 Å². The molecule has 1 rings (SSSR count). The lowest BCUT2D eigenvalue weighted by Gasteiger charge is -2.23. The van der Waals surface area contributed by atoms with Crippen molar-refractivity contribution in [3.8, 4) is 0 Å². The van der Waals surface area contributed by atoms with Crippen molar-refractivity contribution in [2.75, 3.05) is 6.54 Å². The van der Waals surface area contributed by atoms with Crippen molar-refractivity contribution in [1.82, 2.24) is 4.90 Å². The Morgan fingerprint density at radius 3 is 2.62 bits per heavy atom. The van der Waals surface area contributed by atoms with Gasteiger partial charge >= 0.3 is 0 Å². The maximum atomic E-state index is 11.9. The van der Waals surface area contributed by atoms with Gasteiger partial charge in [-0.15, -0.1) is 0 Å². The van der Waals surface area contributed by atoms with Crippen molar-refractivity contribution in [2.24, 2.45) is 16.8 Å². The fourth-order valence-electron chi connectivity index (χ4n) is 1.65. The zero-order chi connectivity index (χ0) is 12.1. The fourth-order valence-corrected chi connectivity index (χ4v) is 1.65. The first-order valence-electron chi connectivity index (χ1n) is 5.80. The van der Waals surface area contributed by atoms with Crippen LogP contribution in [0.5, 0.6) is 0 Å². The second kappa shape index (κ2) is 5.72. The van der Waals surface area contributed by atoms with Crippen LogP contribution < -0.4 is 5.73 Å². The molecule has 1 aliphatic rings. The zero-order valence-electron chi connectivity index (χ0n) is 10.0. The van der Waals surface area contributed by atoms with Crippen LogP contribution in [-0.4, -0.2) is 34.4 Å². The zero-order valence-corrected chi connectivity index (χ0v) is 10.0. The van der Waals surface area contributed by atoms with E-state index in [4.69, 9.17) is 10.9 Å². The van der Waals surface area contributed by atoms with Gasteiger partial charge in [-0.1, -0.05) is 19.0 Å². The van der Waals surface area contributed by atoms with Crippen LogP contribution >= 0.6 is 0 Å². The number of carbonyl (C=O) groups excluding carboxylic acids is 1. The molecule has 0 aromatic carbocycles. The number of oxime groups is 1. The Morgan fingerprint density at radius 2 is 2.19 bits per heavy atom. The molecule has 5 heteroatoms. The lowest BCUT2D eigenvalue weighted by atomic mass is 10.1. The molecule has 1 fully saturated rings. The number of hydrogen-bond donors (Lipinski definition) is 2. The van der Waals surface area contributed by atoms with Crippen molar-refractivity contribution >= 4 is 11.7 Å². The van der Waals surface area contributed by atoms with E-state index < -0.39 is 0 Å². The van der Waals surface area contributed by atoms with Gasteiger partial charge in [0.2, 0.25) is 5.91 Å².